The van der Waals surface area contributed by atoms with Crippen LogP contribution < -0.4 is 5.32 Å². The number of rotatable bonds is 7. The van der Waals surface area contributed by atoms with Crippen molar-refractivity contribution in [1.29, 1.82) is 0 Å². The zero-order valence-electron chi connectivity index (χ0n) is 15.5. The van der Waals surface area contributed by atoms with Gasteiger partial charge in [-0.15, -0.1) is 0 Å². The van der Waals surface area contributed by atoms with Crippen molar-refractivity contribution in [3.63, 3.8) is 0 Å². The Kier molecular flexibility index (Phi) is 5.99. The number of nitrogens with one attached hydrogen (secondary N) is 2. The first kappa shape index (κ1) is 18.5. The molecule has 0 aliphatic carbocycles. The van der Waals surface area contributed by atoms with E-state index < -0.39 is 0 Å². The summed E-state index contributed by atoms with van der Waals surface area (Å²) in [5, 5.41) is 3.70. The number of carbonyl (C=O) groups is 1. The standard InChI is InChI=1S/C21H25N3OS/c1-14-9-12-18-19(13-14)24-21(23-18)26-16(3)20(25)22-15(2)10-11-17-7-5-4-6-8-17/h4-9,12-13,15-16H,10-11H2,1-3H3,(H,22,25)(H,23,24)/t15-,16+/m1/s1. The first-order chi connectivity index (χ1) is 12.5. The fourth-order valence-electron chi connectivity index (χ4n) is 2.84. The van der Waals surface area contributed by atoms with Gasteiger partial charge in [-0.25, -0.2) is 4.98 Å². The van der Waals surface area contributed by atoms with E-state index in [0.717, 1.165) is 29.0 Å². The number of hydrogen-bond acceptors (Lipinski definition) is 3. The number of nitrogens with zero attached hydrogens (tertiary/aromatic N) is 1. The highest BCUT2D eigenvalue weighted by atomic mass is 32.2. The minimum atomic E-state index is -0.198. The smallest absolute Gasteiger partial charge is 0.233 e. The summed E-state index contributed by atoms with van der Waals surface area (Å²) in [6.07, 6.45) is 1.89. The van der Waals surface area contributed by atoms with Crippen LogP contribution in [0.2, 0.25) is 0 Å². The van der Waals surface area contributed by atoms with E-state index >= 15 is 0 Å². The molecule has 136 valence electrons. The predicted octanol–water partition coefficient (Wildman–Crippen LogP) is 4.49. The van der Waals surface area contributed by atoms with Crippen LogP contribution in [-0.2, 0) is 11.2 Å². The molecule has 0 fully saturated rings. The van der Waals surface area contributed by atoms with Crippen LogP contribution in [0.15, 0.2) is 53.7 Å². The number of amides is 1. The second-order valence-corrected chi connectivity index (χ2v) is 8.09. The van der Waals surface area contributed by atoms with Crippen LogP contribution >= 0.6 is 11.8 Å². The Hall–Kier alpha value is -2.27. The van der Waals surface area contributed by atoms with Crippen LogP contribution in [0, 0.1) is 6.92 Å². The molecule has 0 radical (unpaired) electrons. The van der Waals surface area contributed by atoms with Gasteiger partial charge in [0.15, 0.2) is 5.16 Å². The monoisotopic (exact) mass is 367 g/mol. The Morgan fingerprint density at radius 1 is 1.19 bits per heavy atom. The molecule has 2 N–H and O–H groups in total. The molecule has 0 unspecified atom stereocenters. The third kappa shape index (κ3) is 4.88. The van der Waals surface area contributed by atoms with Crippen molar-refractivity contribution in [2.24, 2.45) is 0 Å². The van der Waals surface area contributed by atoms with E-state index in [9.17, 15) is 4.79 Å². The lowest BCUT2D eigenvalue weighted by atomic mass is 10.1. The average Bonchev–Trinajstić information content (AvgIpc) is 3.02. The van der Waals surface area contributed by atoms with Crippen LogP contribution in [-0.4, -0.2) is 27.2 Å². The maximum Gasteiger partial charge on any atom is 0.233 e. The molecule has 3 rings (SSSR count). The summed E-state index contributed by atoms with van der Waals surface area (Å²) < 4.78 is 0. The first-order valence-electron chi connectivity index (χ1n) is 8.98. The van der Waals surface area contributed by atoms with Gasteiger partial charge in [-0.3, -0.25) is 4.79 Å². The molecular weight excluding hydrogens is 342 g/mol. The number of thioether (sulfide) groups is 1. The van der Waals surface area contributed by atoms with Crippen LogP contribution in [0.3, 0.4) is 0 Å². The molecule has 0 bridgehead atoms. The average molecular weight is 368 g/mol. The number of aromatic amines is 1. The summed E-state index contributed by atoms with van der Waals surface area (Å²) >= 11 is 1.46. The lowest BCUT2D eigenvalue weighted by Gasteiger charge is -2.16. The summed E-state index contributed by atoms with van der Waals surface area (Å²) in [7, 11) is 0. The van der Waals surface area contributed by atoms with Gasteiger partial charge in [-0.05, 0) is 56.9 Å². The van der Waals surface area contributed by atoms with Gasteiger partial charge in [0.25, 0.3) is 0 Å². The van der Waals surface area contributed by atoms with Gasteiger partial charge in [0.2, 0.25) is 5.91 Å². The molecule has 5 heteroatoms. The summed E-state index contributed by atoms with van der Waals surface area (Å²) in [5.41, 5.74) is 4.43. The largest absolute Gasteiger partial charge is 0.353 e. The van der Waals surface area contributed by atoms with E-state index in [-0.39, 0.29) is 17.2 Å². The highest BCUT2D eigenvalue weighted by molar-refractivity contribution is 8.00. The maximum atomic E-state index is 12.5. The Bertz CT molecular complexity index is 875. The Morgan fingerprint density at radius 3 is 2.73 bits per heavy atom. The number of benzene rings is 2. The second-order valence-electron chi connectivity index (χ2n) is 6.76. The van der Waals surface area contributed by atoms with Crippen LogP contribution in [0.1, 0.15) is 31.4 Å². The fourth-order valence-corrected chi connectivity index (χ4v) is 3.67. The number of aryl methyl sites for hydroxylation is 2. The van der Waals surface area contributed by atoms with Crippen molar-refractivity contribution in [3.8, 4) is 0 Å². The van der Waals surface area contributed by atoms with Crippen LogP contribution in [0.5, 0.6) is 0 Å². The molecule has 4 nitrogen and oxygen atoms in total. The van der Waals surface area contributed by atoms with Crippen molar-refractivity contribution in [2.45, 2.75) is 50.1 Å². The lowest BCUT2D eigenvalue weighted by Crippen LogP contribution is -2.37. The molecule has 26 heavy (non-hydrogen) atoms. The number of hydrogen-bond donors (Lipinski definition) is 2. The zero-order chi connectivity index (χ0) is 18.5. The Balaban J connectivity index is 1.51. The van der Waals surface area contributed by atoms with Crippen LogP contribution in [0.25, 0.3) is 11.0 Å². The molecule has 1 amide bonds. The normalized spacial score (nSPS) is 13.5. The molecule has 3 aromatic rings. The van der Waals surface area contributed by atoms with E-state index in [2.05, 4.69) is 47.3 Å². The quantitative estimate of drug-likeness (QED) is 0.605. The Labute approximate surface area is 158 Å². The van der Waals surface area contributed by atoms with Crippen molar-refractivity contribution in [1.82, 2.24) is 15.3 Å². The molecule has 1 aromatic heterocycles. The molecule has 2 atom stereocenters. The molecule has 0 spiro atoms. The third-order valence-corrected chi connectivity index (χ3v) is 5.36. The maximum absolute atomic E-state index is 12.5. The minimum absolute atomic E-state index is 0.0483. The molecule has 0 aliphatic rings. The molecule has 1 heterocycles. The zero-order valence-corrected chi connectivity index (χ0v) is 16.3. The minimum Gasteiger partial charge on any atom is -0.353 e. The van der Waals surface area contributed by atoms with E-state index in [1.807, 2.05) is 37.3 Å². The number of imidazole rings is 1. The van der Waals surface area contributed by atoms with Crippen molar-refractivity contribution >= 4 is 28.7 Å². The first-order valence-corrected chi connectivity index (χ1v) is 9.86. The van der Waals surface area contributed by atoms with Crippen molar-refractivity contribution in [3.05, 3.63) is 59.7 Å². The summed E-state index contributed by atoms with van der Waals surface area (Å²) in [6, 6.07) is 16.6. The molecule has 0 saturated carbocycles. The number of carbonyl (C=O) groups excluding carboxylic acids is 1. The van der Waals surface area contributed by atoms with Gasteiger partial charge < -0.3 is 10.3 Å². The van der Waals surface area contributed by atoms with E-state index in [1.165, 1.54) is 22.9 Å². The van der Waals surface area contributed by atoms with Gasteiger partial charge in [-0.1, -0.05) is 48.2 Å². The predicted molar refractivity (Wildman–Crippen MR) is 109 cm³/mol. The van der Waals surface area contributed by atoms with Gasteiger partial charge in [0.05, 0.1) is 16.3 Å². The summed E-state index contributed by atoms with van der Waals surface area (Å²) in [5.74, 6) is 0.0483. The highest BCUT2D eigenvalue weighted by Gasteiger charge is 2.18. The van der Waals surface area contributed by atoms with Crippen molar-refractivity contribution in [2.75, 3.05) is 0 Å². The van der Waals surface area contributed by atoms with Gasteiger partial charge in [-0.2, -0.15) is 0 Å². The summed E-state index contributed by atoms with van der Waals surface area (Å²) in [6.45, 7) is 6.03. The fraction of sp³-hybridized carbons (Fsp3) is 0.333. The topological polar surface area (TPSA) is 57.8 Å². The van der Waals surface area contributed by atoms with E-state index in [1.54, 1.807) is 0 Å². The third-order valence-electron chi connectivity index (χ3n) is 4.37. The van der Waals surface area contributed by atoms with Crippen molar-refractivity contribution < 1.29 is 4.79 Å². The number of fused-ring (bicyclic) bond motifs is 1. The lowest BCUT2D eigenvalue weighted by molar-refractivity contribution is -0.120. The van der Waals surface area contributed by atoms with E-state index in [0.29, 0.717) is 0 Å². The van der Waals surface area contributed by atoms with Crippen LogP contribution in [0.4, 0.5) is 0 Å². The molecule has 0 saturated heterocycles. The van der Waals surface area contributed by atoms with Gasteiger partial charge in [0.1, 0.15) is 0 Å². The Morgan fingerprint density at radius 2 is 1.96 bits per heavy atom. The molecule has 0 aliphatic heterocycles. The number of aromatic nitrogens is 2. The van der Waals surface area contributed by atoms with Gasteiger partial charge >= 0.3 is 0 Å². The molecule has 2 aromatic carbocycles. The second kappa shape index (κ2) is 8.41. The highest BCUT2D eigenvalue weighted by Crippen LogP contribution is 2.24. The summed E-state index contributed by atoms with van der Waals surface area (Å²) in [4.78, 5) is 20.3. The number of H-pyrrole nitrogens is 1. The SMILES string of the molecule is Cc1ccc2nc(S[C@@H](C)C(=O)N[C@H](C)CCc3ccccc3)[nH]c2c1. The van der Waals surface area contributed by atoms with E-state index in [4.69, 9.17) is 0 Å². The molecular formula is C21H25N3OS. The van der Waals surface area contributed by atoms with Gasteiger partial charge in [0, 0.05) is 6.04 Å².